The number of amides is 4. The van der Waals surface area contributed by atoms with Gasteiger partial charge in [0.05, 0.1) is 6.04 Å². The smallest absolute Gasteiger partial charge is 0.326 e. The largest absolute Gasteiger partial charge is 0.508 e. The zero-order chi connectivity index (χ0) is 31.4. The molecule has 0 heterocycles. The van der Waals surface area contributed by atoms with Crippen molar-refractivity contribution in [1.29, 1.82) is 0 Å². The van der Waals surface area contributed by atoms with Crippen LogP contribution in [-0.4, -0.2) is 69.1 Å². The Kier molecular flexibility index (Phi) is 12.8. The SMILES string of the molecule is CCC(C)C(NC(=O)C(N)CCC(N)=O)C(=O)NC(Cc1ccc(O)cc1)C(=O)NC(Cc1ccc(O)cc1)C(=O)O. The van der Waals surface area contributed by atoms with Crippen LogP contribution < -0.4 is 27.4 Å². The molecule has 0 aliphatic heterocycles. The maximum atomic E-state index is 13.5. The van der Waals surface area contributed by atoms with Crippen molar-refractivity contribution in [2.24, 2.45) is 17.4 Å². The van der Waals surface area contributed by atoms with E-state index in [9.17, 15) is 39.3 Å². The van der Waals surface area contributed by atoms with E-state index in [1.165, 1.54) is 36.4 Å². The summed E-state index contributed by atoms with van der Waals surface area (Å²) in [5, 5.41) is 36.6. The third kappa shape index (κ3) is 10.7. The summed E-state index contributed by atoms with van der Waals surface area (Å²) >= 11 is 0. The van der Waals surface area contributed by atoms with Gasteiger partial charge in [0.25, 0.3) is 0 Å². The van der Waals surface area contributed by atoms with Crippen molar-refractivity contribution in [3.05, 3.63) is 59.7 Å². The number of carboxylic acids is 1. The minimum absolute atomic E-state index is 0.00288. The van der Waals surface area contributed by atoms with E-state index in [0.717, 1.165) is 0 Å². The molecule has 10 N–H and O–H groups in total. The number of phenolic OH excluding ortho intramolecular Hbond substituents is 2. The van der Waals surface area contributed by atoms with Gasteiger partial charge in [0, 0.05) is 19.3 Å². The van der Waals surface area contributed by atoms with Crippen molar-refractivity contribution < 1.29 is 39.3 Å². The average Bonchev–Trinajstić information content (AvgIpc) is 2.95. The Labute approximate surface area is 243 Å². The summed E-state index contributed by atoms with van der Waals surface area (Å²) in [7, 11) is 0. The number of aromatic hydroxyl groups is 2. The first-order chi connectivity index (χ1) is 19.8. The summed E-state index contributed by atoms with van der Waals surface area (Å²) in [6, 6.07) is 6.98. The molecule has 0 aliphatic carbocycles. The fraction of sp³-hybridized carbons (Fsp3) is 0.414. The van der Waals surface area contributed by atoms with Gasteiger partial charge in [-0.15, -0.1) is 0 Å². The molecular formula is C29H39N5O8. The second-order valence-corrected chi connectivity index (χ2v) is 10.2. The highest BCUT2D eigenvalue weighted by Crippen LogP contribution is 2.15. The van der Waals surface area contributed by atoms with Gasteiger partial charge < -0.3 is 42.7 Å². The lowest BCUT2D eigenvalue weighted by molar-refractivity contribution is -0.142. The van der Waals surface area contributed by atoms with E-state index >= 15 is 0 Å². The number of carbonyl (C=O) groups is 5. The minimum Gasteiger partial charge on any atom is -0.508 e. The van der Waals surface area contributed by atoms with Gasteiger partial charge in [-0.1, -0.05) is 44.5 Å². The first-order valence-corrected chi connectivity index (χ1v) is 13.5. The van der Waals surface area contributed by atoms with E-state index in [2.05, 4.69) is 16.0 Å². The van der Waals surface area contributed by atoms with Crippen LogP contribution in [0, 0.1) is 5.92 Å². The minimum atomic E-state index is -1.35. The predicted octanol–water partition coefficient (Wildman–Crippen LogP) is 0.0609. The summed E-state index contributed by atoms with van der Waals surface area (Å²) in [6.07, 6.45) is 0.216. The molecule has 5 atom stereocenters. The van der Waals surface area contributed by atoms with Crippen molar-refractivity contribution >= 4 is 29.6 Å². The Morgan fingerprint density at radius 2 is 1.24 bits per heavy atom. The Bertz CT molecular complexity index is 1240. The normalized spacial score (nSPS) is 14.5. The van der Waals surface area contributed by atoms with Crippen LogP contribution in [0.25, 0.3) is 0 Å². The molecule has 13 heteroatoms. The van der Waals surface area contributed by atoms with Crippen molar-refractivity contribution in [2.45, 2.75) is 70.1 Å². The van der Waals surface area contributed by atoms with Gasteiger partial charge in [-0.25, -0.2) is 4.79 Å². The number of aliphatic carboxylic acids is 1. The summed E-state index contributed by atoms with van der Waals surface area (Å²) in [5.41, 5.74) is 12.1. The molecule has 2 aromatic rings. The predicted molar refractivity (Wildman–Crippen MR) is 153 cm³/mol. The molecule has 42 heavy (non-hydrogen) atoms. The van der Waals surface area contributed by atoms with Crippen molar-refractivity contribution in [3.63, 3.8) is 0 Å². The van der Waals surface area contributed by atoms with Gasteiger partial charge in [0.1, 0.15) is 29.6 Å². The van der Waals surface area contributed by atoms with Crippen LogP contribution in [-0.2, 0) is 36.8 Å². The molecule has 0 saturated carbocycles. The van der Waals surface area contributed by atoms with Gasteiger partial charge in [-0.3, -0.25) is 19.2 Å². The number of carbonyl (C=O) groups excluding carboxylic acids is 4. The number of hydrogen-bond acceptors (Lipinski definition) is 8. The number of nitrogens with two attached hydrogens (primary N) is 2. The van der Waals surface area contributed by atoms with Crippen LogP contribution in [0.4, 0.5) is 0 Å². The summed E-state index contributed by atoms with van der Waals surface area (Å²) < 4.78 is 0. The lowest BCUT2D eigenvalue weighted by Gasteiger charge is -2.28. The Balaban J connectivity index is 2.27. The summed E-state index contributed by atoms with van der Waals surface area (Å²) in [4.78, 5) is 62.7. The van der Waals surface area contributed by atoms with Crippen LogP contribution >= 0.6 is 0 Å². The molecule has 0 aliphatic rings. The number of benzene rings is 2. The number of phenols is 2. The number of carboxylic acid groups (broad SMARTS) is 1. The second-order valence-electron chi connectivity index (χ2n) is 10.2. The lowest BCUT2D eigenvalue weighted by atomic mass is 9.96. The topological polar surface area (TPSA) is 234 Å². The van der Waals surface area contributed by atoms with Gasteiger partial charge >= 0.3 is 5.97 Å². The standard InChI is InChI=1S/C29H39N5O8/c1-3-16(2)25(34-26(38)21(30)12-13-24(31)37)28(40)32-22(14-17-4-8-19(35)9-5-17)27(39)33-23(29(41)42)15-18-6-10-20(36)11-7-18/h4-11,16,21-23,25,35-36H,3,12-15,30H2,1-2H3,(H2,31,37)(H,32,40)(H,33,39)(H,34,38)(H,41,42). The second kappa shape index (κ2) is 16.0. The van der Waals surface area contributed by atoms with Crippen molar-refractivity contribution in [3.8, 4) is 11.5 Å². The molecular weight excluding hydrogens is 546 g/mol. The molecule has 4 amide bonds. The van der Waals surface area contributed by atoms with E-state index < -0.39 is 53.8 Å². The van der Waals surface area contributed by atoms with Crippen LogP contribution in [0.2, 0.25) is 0 Å². The zero-order valence-corrected chi connectivity index (χ0v) is 23.6. The molecule has 5 unspecified atom stereocenters. The first kappa shape index (κ1) is 33.6. The van der Waals surface area contributed by atoms with Gasteiger partial charge in [-0.2, -0.15) is 0 Å². The number of rotatable bonds is 16. The van der Waals surface area contributed by atoms with Crippen LogP contribution in [0.3, 0.4) is 0 Å². The van der Waals surface area contributed by atoms with Gasteiger partial charge in [0.15, 0.2) is 0 Å². The van der Waals surface area contributed by atoms with E-state index in [1.54, 1.807) is 19.1 Å². The fourth-order valence-corrected chi connectivity index (χ4v) is 4.07. The Morgan fingerprint density at radius 1 is 0.762 bits per heavy atom. The molecule has 0 aromatic heterocycles. The molecule has 0 bridgehead atoms. The molecule has 0 radical (unpaired) electrons. The number of primary amides is 1. The molecule has 0 fully saturated rings. The third-order valence-corrected chi connectivity index (χ3v) is 6.83. The van der Waals surface area contributed by atoms with E-state index in [0.29, 0.717) is 17.5 Å². The monoisotopic (exact) mass is 585 g/mol. The van der Waals surface area contributed by atoms with Crippen LogP contribution in [0.5, 0.6) is 11.5 Å². The van der Waals surface area contributed by atoms with Crippen LogP contribution in [0.15, 0.2) is 48.5 Å². The number of nitrogens with one attached hydrogen (secondary N) is 3. The average molecular weight is 586 g/mol. The van der Waals surface area contributed by atoms with E-state index in [1.807, 2.05) is 6.92 Å². The highest BCUT2D eigenvalue weighted by atomic mass is 16.4. The van der Waals surface area contributed by atoms with Gasteiger partial charge in [-0.05, 0) is 47.7 Å². The number of hydrogen-bond donors (Lipinski definition) is 8. The first-order valence-electron chi connectivity index (χ1n) is 13.5. The molecule has 0 saturated heterocycles. The molecule has 2 rings (SSSR count). The lowest BCUT2D eigenvalue weighted by Crippen LogP contribution is -2.59. The van der Waals surface area contributed by atoms with E-state index in [4.69, 9.17) is 11.5 Å². The summed E-state index contributed by atoms with van der Waals surface area (Å²) in [5.74, 6) is -4.45. The third-order valence-electron chi connectivity index (χ3n) is 6.83. The van der Waals surface area contributed by atoms with Gasteiger partial charge in [0.2, 0.25) is 23.6 Å². The maximum Gasteiger partial charge on any atom is 0.326 e. The Hall–Kier alpha value is -4.65. The molecule has 228 valence electrons. The quantitative estimate of drug-likeness (QED) is 0.133. The van der Waals surface area contributed by atoms with Crippen LogP contribution in [0.1, 0.15) is 44.2 Å². The Morgan fingerprint density at radius 3 is 1.69 bits per heavy atom. The van der Waals surface area contributed by atoms with Crippen molar-refractivity contribution in [2.75, 3.05) is 0 Å². The highest BCUT2D eigenvalue weighted by molar-refractivity contribution is 5.94. The van der Waals surface area contributed by atoms with Crippen molar-refractivity contribution in [1.82, 2.24) is 16.0 Å². The highest BCUT2D eigenvalue weighted by Gasteiger charge is 2.32. The fourth-order valence-electron chi connectivity index (χ4n) is 4.07. The molecule has 0 spiro atoms. The summed E-state index contributed by atoms with van der Waals surface area (Å²) in [6.45, 7) is 3.54. The maximum absolute atomic E-state index is 13.5. The van der Waals surface area contributed by atoms with E-state index in [-0.39, 0.29) is 43.1 Å². The zero-order valence-electron chi connectivity index (χ0n) is 23.6. The molecule has 2 aromatic carbocycles. The molecule has 13 nitrogen and oxygen atoms in total.